The van der Waals surface area contributed by atoms with Crippen molar-refractivity contribution >= 4 is 5.69 Å². The highest BCUT2D eigenvalue weighted by Crippen LogP contribution is 2.36. The zero-order valence-corrected chi connectivity index (χ0v) is 14.2. The molecule has 3 nitrogen and oxygen atoms in total. The zero-order valence-electron chi connectivity index (χ0n) is 14.2. The molecule has 21 heavy (non-hydrogen) atoms. The van der Waals surface area contributed by atoms with E-state index in [0.29, 0.717) is 11.3 Å². The number of anilines is 1. The van der Waals surface area contributed by atoms with Gasteiger partial charge >= 0.3 is 0 Å². The Hall–Kier alpha value is -1.09. The lowest BCUT2D eigenvalue weighted by molar-refractivity contribution is 0.238. The molecule has 2 rings (SSSR count). The van der Waals surface area contributed by atoms with Crippen LogP contribution in [0, 0.1) is 11.3 Å². The molecule has 0 saturated carbocycles. The van der Waals surface area contributed by atoms with Crippen LogP contribution in [0.2, 0.25) is 0 Å². The maximum Gasteiger partial charge on any atom is 0.0598 e. The second kappa shape index (κ2) is 7.26. The second-order valence-electron chi connectivity index (χ2n) is 7.18. The van der Waals surface area contributed by atoms with E-state index in [1.807, 2.05) is 12.4 Å². The summed E-state index contributed by atoms with van der Waals surface area (Å²) in [6.45, 7) is 13.6. The monoisotopic (exact) mass is 289 g/mol. The molecule has 1 aliphatic heterocycles. The molecule has 0 unspecified atom stereocenters. The van der Waals surface area contributed by atoms with Gasteiger partial charge in [-0.15, -0.1) is 0 Å². The average Bonchev–Trinajstić information content (AvgIpc) is 2.48. The first-order valence-electron chi connectivity index (χ1n) is 8.42. The number of pyridine rings is 1. The van der Waals surface area contributed by atoms with Crippen LogP contribution in [0.3, 0.4) is 0 Å². The zero-order chi connectivity index (χ0) is 15.3. The third-order valence-corrected chi connectivity index (χ3v) is 4.92. The minimum Gasteiger partial charge on any atom is -0.370 e. The van der Waals surface area contributed by atoms with Crippen LogP contribution in [0.1, 0.15) is 52.5 Å². The van der Waals surface area contributed by atoms with E-state index in [-0.39, 0.29) is 0 Å². The fraction of sp³-hybridized carbons (Fsp3) is 0.722. The number of piperidine rings is 1. The van der Waals surface area contributed by atoms with Crippen molar-refractivity contribution in [3.05, 3.63) is 24.0 Å². The molecule has 3 heteroatoms. The summed E-state index contributed by atoms with van der Waals surface area (Å²) in [5.74, 6) is 0.690. The van der Waals surface area contributed by atoms with Crippen LogP contribution in [-0.4, -0.2) is 24.6 Å². The minimum atomic E-state index is 0.536. The van der Waals surface area contributed by atoms with Gasteiger partial charge in [-0.1, -0.05) is 34.1 Å². The SMILES string of the molecule is CCC1(C)CCN(c2cnccc2CNCC(C)C)CC1. The van der Waals surface area contributed by atoms with Crippen LogP contribution in [0.5, 0.6) is 0 Å². The summed E-state index contributed by atoms with van der Waals surface area (Å²) in [5, 5.41) is 3.55. The number of aromatic nitrogens is 1. The van der Waals surface area contributed by atoms with Gasteiger partial charge in [-0.05, 0) is 42.3 Å². The van der Waals surface area contributed by atoms with Crippen molar-refractivity contribution in [3.8, 4) is 0 Å². The standard InChI is InChI=1S/C18H31N3/c1-5-18(4)7-10-21(11-8-18)17-14-19-9-6-16(17)13-20-12-15(2)3/h6,9,14-15,20H,5,7-8,10-13H2,1-4H3. The molecule has 2 heterocycles. The van der Waals surface area contributed by atoms with E-state index in [1.54, 1.807) is 0 Å². The highest BCUT2D eigenvalue weighted by molar-refractivity contribution is 5.52. The van der Waals surface area contributed by atoms with Gasteiger partial charge in [0.15, 0.2) is 0 Å². The predicted molar refractivity (Wildman–Crippen MR) is 90.6 cm³/mol. The average molecular weight is 289 g/mol. The second-order valence-corrected chi connectivity index (χ2v) is 7.18. The number of hydrogen-bond acceptors (Lipinski definition) is 3. The highest BCUT2D eigenvalue weighted by Gasteiger charge is 2.29. The number of nitrogens with zero attached hydrogens (tertiary/aromatic N) is 2. The molecular formula is C18H31N3. The smallest absolute Gasteiger partial charge is 0.0598 e. The maximum absolute atomic E-state index is 4.35. The first-order valence-corrected chi connectivity index (χ1v) is 8.42. The lowest BCUT2D eigenvalue weighted by atomic mass is 9.78. The third-order valence-electron chi connectivity index (χ3n) is 4.92. The lowest BCUT2D eigenvalue weighted by Gasteiger charge is -2.40. The summed E-state index contributed by atoms with van der Waals surface area (Å²) in [4.78, 5) is 6.88. The quantitative estimate of drug-likeness (QED) is 0.862. The van der Waals surface area contributed by atoms with E-state index in [9.17, 15) is 0 Å². The Morgan fingerprint density at radius 3 is 2.67 bits per heavy atom. The van der Waals surface area contributed by atoms with Crippen molar-refractivity contribution in [2.45, 2.75) is 53.5 Å². The molecule has 0 aromatic carbocycles. The summed E-state index contributed by atoms with van der Waals surface area (Å²) in [6, 6.07) is 2.16. The molecule has 1 aromatic rings. The fourth-order valence-corrected chi connectivity index (χ4v) is 2.99. The van der Waals surface area contributed by atoms with Crippen LogP contribution in [0.25, 0.3) is 0 Å². The Bertz CT molecular complexity index is 434. The molecule has 118 valence electrons. The summed E-state index contributed by atoms with van der Waals surface area (Å²) in [5.41, 5.74) is 3.24. The lowest BCUT2D eigenvalue weighted by Crippen LogP contribution is -2.39. The van der Waals surface area contributed by atoms with Gasteiger partial charge in [0.05, 0.1) is 11.9 Å². The van der Waals surface area contributed by atoms with Gasteiger partial charge < -0.3 is 10.2 Å². The van der Waals surface area contributed by atoms with Gasteiger partial charge in [0, 0.05) is 25.8 Å². The topological polar surface area (TPSA) is 28.2 Å². The largest absolute Gasteiger partial charge is 0.370 e. The Labute approximate surface area is 130 Å². The minimum absolute atomic E-state index is 0.536. The van der Waals surface area contributed by atoms with E-state index in [0.717, 1.165) is 26.2 Å². The molecule has 0 radical (unpaired) electrons. The van der Waals surface area contributed by atoms with Crippen LogP contribution in [-0.2, 0) is 6.54 Å². The van der Waals surface area contributed by atoms with E-state index < -0.39 is 0 Å². The number of rotatable bonds is 6. The molecule has 1 fully saturated rings. The fourth-order valence-electron chi connectivity index (χ4n) is 2.99. The molecule has 0 spiro atoms. The number of nitrogens with one attached hydrogen (secondary N) is 1. The summed E-state index contributed by atoms with van der Waals surface area (Å²) >= 11 is 0. The van der Waals surface area contributed by atoms with Gasteiger partial charge in [-0.3, -0.25) is 4.98 Å². The van der Waals surface area contributed by atoms with E-state index in [1.165, 1.54) is 30.5 Å². The first kappa shape index (κ1) is 16.3. The van der Waals surface area contributed by atoms with Crippen molar-refractivity contribution in [2.75, 3.05) is 24.5 Å². The molecule has 1 aromatic heterocycles. The van der Waals surface area contributed by atoms with Gasteiger partial charge in [0.1, 0.15) is 0 Å². The van der Waals surface area contributed by atoms with Gasteiger partial charge in [-0.2, -0.15) is 0 Å². The van der Waals surface area contributed by atoms with Crippen LogP contribution < -0.4 is 10.2 Å². The van der Waals surface area contributed by atoms with Gasteiger partial charge in [-0.25, -0.2) is 0 Å². The molecule has 1 N–H and O–H groups in total. The number of hydrogen-bond donors (Lipinski definition) is 1. The van der Waals surface area contributed by atoms with E-state index in [2.05, 4.69) is 49.0 Å². The van der Waals surface area contributed by atoms with Crippen LogP contribution in [0.15, 0.2) is 18.5 Å². The van der Waals surface area contributed by atoms with Crippen LogP contribution >= 0.6 is 0 Å². The maximum atomic E-state index is 4.35. The predicted octanol–water partition coefficient (Wildman–Crippen LogP) is 3.84. The van der Waals surface area contributed by atoms with Crippen molar-refractivity contribution in [1.29, 1.82) is 0 Å². The van der Waals surface area contributed by atoms with Crippen LogP contribution in [0.4, 0.5) is 5.69 Å². The molecule has 0 atom stereocenters. The first-order chi connectivity index (χ1) is 10.0. The van der Waals surface area contributed by atoms with Crippen molar-refractivity contribution in [3.63, 3.8) is 0 Å². The summed E-state index contributed by atoms with van der Waals surface area (Å²) < 4.78 is 0. The third kappa shape index (κ3) is 4.44. The Kier molecular flexibility index (Phi) is 5.63. The molecule has 0 amide bonds. The van der Waals surface area contributed by atoms with Crippen molar-refractivity contribution in [1.82, 2.24) is 10.3 Å². The van der Waals surface area contributed by atoms with Crippen molar-refractivity contribution < 1.29 is 0 Å². The van der Waals surface area contributed by atoms with Crippen molar-refractivity contribution in [2.24, 2.45) is 11.3 Å². The van der Waals surface area contributed by atoms with Gasteiger partial charge in [0.2, 0.25) is 0 Å². The molecule has 1 saturated heterocycles. The molecule has 0 aliphatic carbocycles. The highest BCUT2D eigenvalue weighted by atomic mass is 15.1. The van der Waals surface area contributed by atoms with Gasteiger partial charge in [0.25, 0.3) is 0 Å². The summed E-state index contributed by atoms with van der Waals surface area (Å²) in [6.07, 6.45) is 7.82. The Balaban J connectivity index is 2.00. The van der Waals surface area contributed by atoms with E-state index in [4.69, 9.17) is 0 Å². The molecule has 0 bridgehead atoms. The Morgan fingerprint density at radius 2 is 2.05 bits per heavy atom. The van der Waals surface area contributed by atoms with E-state index >= 15 is 0 Å². The molecular weight excluding hydrogens is 258 g/mol. The Morgan fingerprint density at radius 1 is 1.33 bits per heavy atom. The summed E-state index contributed by atoms with van der Waals surface area (Å²) in [7, 11) is 0. The molecule has 1 aliphatic rings. The normalized spacial score (nSPS) is 18.2.